The van der Waals surface area contributed by atoms with Gasteiger partial charge < -0.3 is 10.5 Å². The van der Waals surface area contributed by atoms with E-state index in [0.29, 0.717) is 23.3 Å². The summed E-state index contributed by atoms with van der Waals surface area (Å²) in [6.07, 6.45) is 3.03. The molecule has 1 heterocycles. The molecule has 1 saturated carbocycles. The molecule has 0 radical (unpaired) electrons. The molecule has 0 aromatic carbocycles. The Morgan fingerprint density at radius 2 is 2.24 bits per heavy atom. The second-order valence-corrected chi connectivity index (χ2v) is 5.00. The number of esters is 1. The fourth-order valence-electron chi connectivity index (χ4n) is 2.26. The maximum absolute atomic E-state index is 11.8. The predicted octanol–water partition coefficient (Wildman–Crippen LogP) is 1.97. The summed E-state index contributed by atoms with van der Waals surface area (Å²) in [6.45, 7) is 4.46. The van der Waals surface area contributed by atoms with Gasteiger partial charge in [-0.25, -0.2) is 4.79 Å². The van der Waals surface area contributed by atoms with Gasteiger partial charge in [0.2, 0.25) is 0 Å². The summed E-state index contributed by atoms with van der Waals surface area (Å²) in [6, 6.07) is 1.50. The Morgan fingerprint density at radius 1 is 1.47 bits per heavy atom. The number of H-pyrrole nitrogens is 1. The number of ether oxygens (including phenoxy) is 1. The minimum atomic E-state index is -0.360. The summed E-state index contributed by atoms with van der Waals surface area (Å²) >= 11 is 0. The molecule has 94 valence electrons. The molecular formula is C12H19N3O2. The van der Waals surface area contributed by atoms with Crippen molar-refractivity contribution in [3.05, 3.63) is 11.8 Å². The number of nitrogens with zero attached hydrogens (tertiary/aromatic N) is 1. The first kappa shape index (κ1) is 12.0. The molecule has 17 heavy (non-hydrogen) atoms. The molecule has 3 atom stereocenters. The Morgan fingerprint density at radius 3 is 2.82 bits per heavy atom. The highest BCUT2D eigenvalue weighted by Crippen LogP contribution is 2.31. The molecule has 3 N–H and O–H groups in total. The van der Waals surface area contributed by atoms with E-state index in [-0.39, 0.29) is 12.1 Å². The molecule has 1 aliphatic carbocycles. The Balaban J connectivity index is 1.91. The van der Waals surface area contributed by atoms with Gasteiger partial charge in [0.05, 0.1) is 0 Å². The average Bonchev–Trinajstić information content (AvgIpc) is 2.70. The van der Waals surface area contributed by atoms with Crippen molar-refractivity contribution in [2.75, 3.05) is 5.73 Å². The van der Waals surface area contributed by atoms with Crippen LogP contribution in [0.15, 0.2) is 6.07 Å². The monoisotopic (exact) mass is 237 g/mol. The lowest BCUT2D eigenvalue weighted by atomic mass is 9.80. The van der Waals surface area contributed by atoms with Crippen molar-refractivity contribution >= 4 is 11.8 Å². The van der Waals surface area contributed by atoms with E-state index in [1.165, 1.54) is 6.07 Å². The third-order valence-corrected chi connectivity index (χ3v) is 3.64. The van der Waals surface area contributed by atoms with E-state index in [1.807, 2.05) is 0 Å². The molecule has 3 unspecified atom stereocenters. The van der Waals surface area contributed by atoms with E-state index in [1.54, 1.807) is 0 Å². The van der Waals surface area contributed by atoms with Crippen LogP contribution in [0.2, 0.25) is 0 Å². The van der Waals surface area contributed by atoms with E-state index in [9.17, 15) is 4.79 Å². The minimum Gasteiger partial charge on any atom is -0.458 e. The SMILES string of the molecule is CC1CCC(OC(=O)c2cc(N)n[nH]2)CC1C. The summed E-state index contributed by atoms with van der Waals surface area (Å²) in [5.41, 5.74) is 5.77. The van der Waals surface area contributed by atoms with E-state index in [4.69, 9.17) is 10.5 Å². The highest BCUT2D eigenvalue weighted by molar-refractivity contribution is 5.88. The number of nitrogens with two attached hydrogens (primary N) is 1. The van der Waals surface area contributed by atoms with Gasteiger partial charge in [-0.3, -0.25) is 5.10 Å². The van der Waals surface area contributed by atoms with E-state index in [0.717, 1.165) is 19.3 Å². The number of nitrogens with one attached hydrogen (secondary N) is 1. The van der Waals surface area contributed by atoms with E-state index < -0.39 is 0 Å². The van der Waals surface area contributed by atoms with Crippen molar-refractivity contribution in [2.24, 2.45) is 11.8 Å². The minimum absolute atomic E-state index is 0.0261. The quantitative estimate of drug-likeness (QED) is 0.770. The fourth-order valence-corrected chi connectivity index (χ4v) is 2.26. The van der Waals surface area contributed by atoms with Gasteiger partial charge in [0, 0.05) is 6.07 Å². The number of anilines is 1. The van der Waals surface area contributed by atoms with E-state index >= 15 is 0 Å². The number of aromatic nitrogens is 2. The molecule has 1 fully saturated rings. The zero-order valence-electron chi connectivity index (χ0n) is 10.3. The molecule has 0 aliphatic heterocycles. The van der Waals surface area contributed by atoms with Crippen LogP contribution in [-0.4, -0.2) is 22.3 Å². The van der Waals surface area contributed by atoms with Gasteiger partial charge >= 0.3 is 5.97 Å². The van der Waals surface area contributed by atoms with Crippen LogP contribution in [0.25, 0.3) is 0 Å². The van der Waals surface area contributed by atoms with Crippen LogP contribution in [-0.2, 0) is 4.74 Å². The summed E-state index contributed by atoms with van der Waals surface area (Å²) < 4.78 is 5.44. The second-order valence-electron chi connectivity index (χ2n) is 5.00. The van der Waals surface area contributed by atoms with Gasteiger partial charge in [0.25, 0.3) is 0 Å². The number of hydrogen-bond donors (Lipinski definition) is 2. The number of hydrogen-bond acceptors (Lipinski definition) is 4. The molecular weight excluding hydrogens is 218 g/mol. The zero-order chi connectivity index (χ0) is 12.4. The van der Waals surface area contributed by atoms with Crippen molar-refractivity contribution in [3.8, 4) is 0 Å². The summed E-state index contributed by atoms with van der Waals surface area (Å²) in [5.74, 6) is 1.27. The third-order valence-electron chi connectivity index (χ3n) is 3.64. The van der Waals surface area contributed by atoms with Crippen LogP contribution < -0.4 is 5.73 Å². The second kappa shape index (κ2) is 4.77. The highest BCUT2D eigenvalue weighted by atomic mass is 16.5. The molecule has 0 bridgehead atoms. The first-order valence-electron chi connectivity index (χ1n) is 6.08. The van der Waals surface area contributed by atoms with Crippen LogP contribution in [0.3, 0.4) is 0 Å². The third kappa shape index (κ3) is 2.78. The Labute approximate surface area is 101 Å². The number of carbonyl (C=O) groups excluding carboxylic acids is 1. The average molecular weight is 237 g/mol. The Bertz CT molecular complexity index is 402. The lowest BCUT2D eigenvalue weighted by Crippen LogP contribution is -2.28. The van der Waals surface area contributed by atoms with Gasteiger partial charge in [0.1, 0.15) is 17.6 Å². The number of nitrogen functional groups attached to an aromatic ring is 1. The van der Waals surface area contributed by atoms with Crippen molar-refractivity contribution in [1.29, 1.82) is 0 Å². The van der Waals surface area contributed by atoms with Crippen molar-refractivity contribution < 1.29 is 9.53 Å². The van der Waals surface area contributed by atoms with Crippen molar-refractivity contribution in [3.63, 3.8) is 0 Å². The summed E-state index contributed by atoms with van der Waals surface area (Å²) in [5, 5.41) is 6.27. The van der Waals surface area contributed by atoms with Gasteiger partial charge in [-0.05, 0) is 31.1 Å². The Kier molecular flexibility index (Phi) is 3.36. The van der Waals surface area contributed by atoms with Crippen LogP contribution in [0.4, 0.5) is 5.82 Å². The maximum Gasteiger partial charge on any atom is 0.356 e. The van der Waals surface area contributed by atoms with E-state index in [2.05, 4.69) is 24.0 Å². The standard InChI is InChI=1S/C12H19N3O2/c1-7-3-4-9(5-8(7)2)17-12(16)10-6-11(13)15-14-10/h6-9H,3-5H2,1-2H3,(H3,13,14,15). The van der Waals surface area contributed by atoms with Crippen molar-refractivity contribution in [2.45, 2.75) is 39.2 Å². The summed E-state index contributed by atoms with van der Waals surface area (Å²) in [7, 11) is 0. The summed E-state index contributed by atoms with van der Waals surface area (Å²) in [4.78, 5) is 11.8. The first-order chi connectivity index (χ1) is 8.06. The van der Waals surface area contributed by atoms with Crippen molar-refractivity contribution in [1.82, 2.24) is 10.2 Å². The smallest absolute Gasteiger partial charge is 0.356 e. The number of aromatic amines is 1. The predicted molar refractivity (Wildman–Crippen MR) is 64.4 cm³/mol. The van der Waals surface area contributed by atoms with Gasteiger partial charge in [-0.1, -0.05) is 13.8 Å². The fraction of sp³-hybridized carbons (Fsp3) is 0.667. The molecule has 5 heteroatoms. The molecule has 1 aliphatic rings. The number of rotatable bonds is 2. The first-order valence-corrected chi connectivity index (χ1v) is 6.08. The topological polar surface area (TPSA) is 81.0 Å². The highest BCUT2D eigenvalue weighted by Gasteiger charge is 2.27. The molecule has 0 amide bonds. The molecule has 1 aromatic heterocycles. The van der Waals surface area contributed by atoms with Gasteiger partial charge in [0.15, 0.2) is 0 Å². The van der Waals surface area contributed by atoms with Gasteiger partial charge in [-0.2, -0.15) is 5.10 Å². The van der Waals surface area contributed by atoms with Crippen LogP contribution in [0, 0.1) is 11.8 Å². The molecule has 2 rings (SSSR count). The van der Waals surface area contributed by atoms with Gasteiger partial charge in [-0.15, -0.1) is 0 Å². The molecule has 5 nitrogen and oxygen atoms in total. The van der Waals surface area contributed by atoms with Crippen LogP contribution in [0.5, 0.6) is 0 Å². The molecule has 1 aromatic rings. The lowest BCUT2D eigenvalue weighted by molar-refractivity contribution is 0.00818. The largest absolute Gasteiger partial charge is 0.458 e. The molecule has 0 spiro atoms. The number of carbonyl (C=O) groups is 1. The normalized spacial score (nSPS) is 28.9. The maximum atomic E-state index is 11.8. The lowest BCUT2D eigenvalue weighted by Gasteiger charge is -2.31. The zero-order valence-corrected chi connectivity index (χ0v) is 10.3. The van der Waals surface area contributed by atoms with Crippen LogP contribution >= 0.6 is 0 Å². The molecule has 0 saturated heterocycles. The van der Waals surface area contributed by atoms with Crippen LogP contribution in [0.1, 0.15) is 43.6 Å². The Hall–Kier alpha value is -1.52.